The van der Waals surface area contributed by atoms with E-state index in [0.29, 0.717) is 12.1 Å². The molecule has 3 nitrogen and oxygen atoms in total. The number of hydrogen-bond donors (Lipinski definition) is 2. The van der Waals surface area contributed by atoms with Crippen molar-refractivity contribution in [3.8, 4) is 0 Å². The maximum absolute atomic E-state index is 12.7. The Kier molecular flexibility index (Phi) is 3.77. The first kappa shape index (κ1) is 13.2. The predicted octanol–water partition coefficient (Wildman–Crippen LogP) is 1.69. The van der Waals surface area contributed by atoms with Gasteiger partial charge in [-0.2, -0.15) is 13.2 Å². The zero-order valence-electron chi connectivity index (χ0n) is 9.93. The summed E-state index contributed by atoms with van der Waals surface area (Å²) in [6, 6.07) is 4.14. The van der Waals surface area contributed by atoms with Crippen molar-refractivity contribution in [1.29, 1.82) is 0 Å². The molecule has 18 heavy (non-hydrogen) atoms. The lowest BCUT2D eigenvalue weighted by Crippen LogP contribution is -2.42. The fraction of sp³-hybridized carbons (Fsp3) is 0.500. The monoisotopic (exact) mass is 259 g/mol. The molecule has 0 spiro atoms. The van der Waals surface area contributed by atoms with Gasteiger partial charge in [-0.25, -0.2) is 0 Å². The Balaban J connectivity index is 2.14. The number of rotatable bonds is 2. The van der Waals surface area contributed by atoms with Gasteiger partial charge < -0.3 is 11.1 Å². The van der Waals surface area contributed by atoms with E-state index in [2.05, 4.69) is 10.2 Å². The zero-order valence-corrected chi connectivity index (χ0v) is 9.93. The largest absolute Gasteiger partial charge is 0.418 e. The van der Waals surface area contributed by atoms with Crippen molar-refractivity contribution in [1.82, 2.24) is 10.2 Å². The highest BCUT2D eigenvalue weighted by molar-refractivity contribution is 5.50. The van der Waals surface area contributed by atoms with Crippen molar-refractivity contribution in [2.24, 2.45) is 0 Å². The van der Waals surface area contributed by atoms with Gasteiger partial charge in [0.1, 0.15) is 0 Å². The van der Waals surface area contributed by atoms with Gasteiger partial charge in [0.25, 0.3) is 0 Å². The van der Waals surface area contributed by atoms with Crippen molar-refractivity contribution in [3.05, 3.63) is 29.3 Å². The normalized spacial score (nSPS) is 17.9. The molecule has 1 aromatic rings. The molecule has 1 aromatic carbocycles. The van der Waals surface area contributed by atoms with Crippen molar-refractivity contribution >= 4 is 5.69 Å². The lowest BCUT2D eigenvalue weighted by Gasteiger charge is -2.27. The predicted molar refractivity (Wildman–Crippen MR) is 64.0 cm³/mol. The standard InChI is InChI=1S/C12H16F3N3/c13-12(14,15)10-7-9(1-2-11(10)16)8-18-5-3-17-4-6-18/h1-2,7,17H,3-6,8,16H2. The first-order chi connectivity index (χ1) is 8.47. The lowest BCUT2D eigenvalue weighted by molar-refractivity contribution is -0.137. The molecule has 0 amide bonds. The van der Waals surface area contributed by atoms with Crippen LogP contribution in [0, 0.1) is 0 Å². The summed E-state index contributed by atoms with van der Waals surface area (Å²) in [4.78, 5) is 2.13. The Hall–Kier alpha value is -1.27. The molecule has 2 rings (SSSR count). The Morgan fingerprint density at radius 3 is 2.50 bits per heavy atom. The van der Waals surface area contributed by atoms with Crippen molar-refractivity contribution in [2.45, 2.75) is 12.7 Å². The summed E-state index contributed by atoms with van der Waals surface area (Å²) < 4.78 is 38.1. The Morgan fingerprint density at radius 2 is 1.89 bits per heavy atom. The Bertz CT molecular complexity index is 412. The van der Waals surface area contributed by atoms with Crippen molar-refractivity contribution in [3.63, 3.8) is 0 Å². The van der Waals surface area contributed by atoms with E-state index in [1.165, 1.54) is 6.07 Å². The molecule has 0 atom stereocenters. The molecule has 1 fully saturated rings. The minimum Gasteiger partial charge on any atom is -0.398 e. The summed E-state index contributed by atoms with van der Waals surface area (Å²) in [7, 11) is 0. The zero-order chi connectivity index (χ0) is 13.2. The third kappa shape index (κ3) is 3.14. The molecule has 0 saturated carbocycles. The average molecular weight is 259 g/mol. The summed E-state index contributed by atoms with van der Waals surface area (Å²) in [5, 5.41) is 3.20. The van der Waals surface area contributed by atoms with Gasteiger partial charge in [0.05, 0.1) is 5.56 Å². The van der Waals surface area contributed by atoms with E-state index in [1.807, 2.05) is 0 Å². The summed E-state index contributed by atoms with van der Waals surface area (Å²) in [6.07, 6.45) is -4.39. The number of halogens is 3. The molecule has 6 heteroatoms. The third-order valence-electron chi connectivity index (χ3n) is 3.04. The molecule has 0 bridgehead atoms. The fourth-order valence-corrected chi connectivity index (χ4v) is 2.07. The number of anilines is 1. The van der Waals surface area contributed by atoms with E-state index in [-0.39, 0.29) is 5.69 Å². The lowest BCUT2D eigenvalue weighted by atomic mass is 10.1. The molecule has 3 N–H and O–H groups in total. The molecule has 0 aromatic heterocycles. The first-order valence-corrected chi connectivity index (χ1v) is 5.85. The van der Waals surface area contributed by atoms with Crippen LogP contribution < -0.4 is 11.1 Å². The van der Waals surface area contributed by atoms with Gasteiger partial charge in [-0.15, -0.1) is 0 Å². The van der Waals surface area contributed by atoms with Gasteiger partial charge >= 0.3 is 6.18 Å². The number of benzene rings is 1. The smallest absolute Gasteiger partial charge is 0.398 e. The number of nitrogens with zero attached hydrogens (tertiary/aromatic N) is 1. The minimum absolute atomic E-state index is 0.216. The van der Waals surface area contributed by atoms with E-state index >= 15 is 0 Å². The van der Waals surface area contributed by atoms with Crippen LogP contribution in [0.3, 0.4) is 0 Å². The average Bonchev–Trinajstić information content (AvgIpc) is 2.31. The highest BCUT2D eigenvalue weighted by atomic mass is 19.4. The van der Waals surface area contributed by atoms with Gasteiger partial charge in [-0.05, 0) is 17.7 Å². The van der Waals surface area contributed by atoms with Crippen LogP contribution in [0.15, 0.2) is 18.2 Å². The minimum atomic E-state index is -4.39. The number of piperazine rings is 1. The summed E-state index contributed by atoms with van der Waals surface area (Å²) in [5.41, 5.74) is 5.06. The molecular formula is C12H16F3N3. The van der Waals surface area contributed by atoms with Gasteiger partial charge in [-0.3, -0.25) is 4.90 Å². The second-order valence-electron chi connectivity index (χ2n) is 4.45. The Morgan fingerprint density at radius 1 is 1.22 bits per heavy atom. The number of hydrogen-bond acceptors (Lipinski definition) is 3. The number of alkyl halides is 3. The van der Waals surface area contributed by atoms with Gasteiger partial charge in [-0.1, -0.05) is 6.07 Å². The van der Waals surface area contributed by atoms with Gasteiger partial charge in [0.2, 0.25) is 0 Å². The molecule has 1 saturated heterocycles. The second-order valence-corrected chi connectivity index (χ2v) is 4.45. The summed E-state index contributed by atoms with van der Waals surface area (Å²) >= 11 is 0. The Labute approximate surface area is 104 Å². The van der Waals surface area contributed by atoms with Crippen LogP contribution in [0.1, 0.15) is 11.1 Å². The van der Waals surface area contributed by atoms with Gasteiger partial charge in [0.15, 0.2) is 0 Å². The van der Waals surface area contributed by atoms with E-state index in [0.717, 1.165) is 32.2 Å². The van der Waals surface area contributed by atoms with Crippen LogP contribution in [-0.4, -0.2) is 31.1 Å². The molecule has 0 aliphatic carbocycles. The molecule has 1 heterocycles. The van der Waals surface area contributed by atoms with Crippen LogP contribution in [-0.2, 0) is 12.7 Å². The highest BCUT2D eigenvalue weighted by Crippen LogP contribution is 2.34. The van der Waals surface area contributed by atoms with E-state index in [4.69, 9.17) is 5.73 Å². The van der Waals surface area contributed by atoms with Crippen LogP contribution in [0.4, 0.5) is 18.9 Å². The molecule has 1 aliphatic heterocycles. The number of nitrogens with one attached hydrogen (secondary N) is 1. The highest BCUT2D eigenvalue weighted by Gasteiger charge is 2.33. The van der Waals surface area contributed by atoms with Crippen LogP contribution in [0.2, 0.25) is 0 Å². The number of nitrogens with two attached hydrogens (primary N) is 1. The third-order valence-corrected chi connectivity index (χ3v) is 3.04. The van der Waals surface area contributed by atoms with E-state index < -0.39 is 11.7 Å². The number of nitrogen functional groups attached to an aromatic ring is 1. The van der Waals surface area contributed by atoms with Crippen LogP contribution >= 0.6 is 0 Å². The molecular weight excluding hydrogens is 243 g/mol. The fourth-order valence-electron chi connectivity index (χ4n) is 2.07. The maximum atomic E-state index is 12.7. The van der Waals surface area contributed by atoms with Crippen LogP contribution in [0.5, 0.6) is 0 Å². The first-order valence-electron chi connectivity index (χ1n) is 5.85. The molecule has 0 unspecified atom stereocenters. The quantitative estimate of drug-likeness (QED) is 0.794. The summed E-state index contributed by atoms with van der Waals surface area (Å²) in [5.74, 6) is 0. The SMILES string of the molecule is Nc1ccc(CN2CCNCC2)cc1C(F)(F)F. The topological polar surface area (TPSA) is 41.3 Å². The van der Waals surface area contributed by atoms with Crippen LogP contribution in [0.25, 0.3) is 0 Å². The van der Waals surface area contributed by atoms with Crippen molar-refractivity contribution < 1.29 is 13.2 Å². The summed E-state index contributed by atoms with van der Waals surface area (Å²) in [6.45, 7) is 3.99. The maximum Gasteiger partial charge on any atom is 0.418 e. The van der Waals surface area contributed by atoms with E-state index in [9.17, 15) is 13.2 Å². The van der Waals surface area contributed by atoms with Gasteiger partial charge in [0, 0.05) is 38.4 Å². The van der Waals surface area contributed by atoms with Crippen molar-refractivity contribution in [2.75, 3.05) is 31.9 Å². The second kappa shape index (κ2) is 5.16. The van der Waals surface area contributed by atoms with E-state index in [1.54, 1.807) is 6.07 Å². The molecule has 100 valence electrons. The molecule has 1 aliphatic rings. The molecule has 0 radical (unpaired) electrons.